The predicted octanol–water partition coefficient (Wildman–Crippen LogP) is 5.00. The Kier molecular flexibility index (Phi) is 12.3. The number of sulfonamides is 1. The first-order valence-corrected chi connectivity index (χ1v) is 16.1. The molecule has 0 saturated carbocycles. The van der Waals surface area contributed by atoms with Gasteiger partial charge in [0.05, 0.1) is 31.4 Å². The number of hydrogen-bond donors (Lipinski definition) is 1. The van der Waals surface area contributed by atoms with Crippen LogP contribution in [0.1, 0.15) is 32.8 Å². The molecule has 0 fully saturated rings. The molecule has 0 unspecified atom stereocenters. The Hall–Kier alpha value is -3.77. The second-order valence-corrected chi connectivity index (χ2v) is 12.4. The molecule has 0 saturated heterocycles. The number of methoxy groups -OCH3 is 2. The van der Waals surface area contributed by atoms with Crippen LogP contribution >= 0.6 is 15.9 Å². The third-order valence-corrected chi connectivity index (χ3v) is 8.88. The zero-order valence-electron chi connectivity index (χ0n) is 25.0. The van der Waals surface area contributed by atoms with E-state index in [1.807, 2.05) is 38.1 Å². The van der Waals surface area contributed by atoms with Crippen molar-refractivity contribution in [2.75, 3.05) is 38.2 Å². The fourth-order valence-electron chi connectivity index (χ4n) is 4.32. The van der Waals surface area contributed by atoms with Gasteiger partial charge in [-0.15, -0.1) is 0 Å². The van der Waals surface area contributed by atoms with Gasteiger partial charge in [-0.3, -0.25) is 13.9 Å². The van der Waals surface area contributed by atoms with Gasteiger partial charge in [-0.25, -0.2) is 8.42 Å². The largest absolute Gasteiger partial charge is 0.494 e. The van der Waals surface area contributed by atoms with Crippen LogP contribution in [0, 0.1) is 0 Å². The first-order chi connectivity index (χ1) is 20.5. The lowest BCUT2D eigenvalue weighted by atomic mass is 10.1. The summed E-state index contributed by atoms with van der Waals surface area (Å²) in [6.07, 6.45) is 0.729. The molecule has 12 heteroatoms. The highest BCUT2D eigenvalue weighted by atomic mass is 79.9. The Bertz CT molecular complexity index is 1500. The minimum Gasteiger partial charge on any atom is -0.494 e. The first kappa shape index (κ1) is 33.7. The van der Waals surface area contributed by atoms with Gasteiger partial charge in [0.15, 0.2) is 11.5 Å². The molecule has 43 heavy (non-hydrogen) atoms. The van der Waals surface area contributed by atoms with Gasteiger partial charge in [-0.05, 0) is 74.4 Å². The number of carbonyl (C=O) groups excluding carboxylic acids is 2. The van der Waals surface area contributed by atoms with E-state index >= 15 is 0 Å². The van der Waals surface area contributed by atoms with Crippen molar-refractivity contribution >= 4 is 43.5 Å². The fourth-order valence-corrected chi connectivity index (χ4v) is 6.20. The second-order valence-electron chi connectivity index (χ2n) is 9.57. The van der Waals surface area contributed by atoms with Crippen LogP contribution in [0.5, 0.6) is 17.2 Å². The number of halogens is 1. The predicted molar refractivity (Wildman–Crippen MR) is 169 cm³/mol. The zero-order valence-corrected chi connectivity index (χ0v) is 27.4. The number of hydrogen-bond acceptors (Lipinski definition) is 7. The number of nitrogens with zero attached hydrogens (tertiary/aromatic N) is 2. The molecule has 2 amide bonds. The molecule has 232 valence electrons. The van der Waals surface area contributed by atoms with Crippen LogP contribution in [0.3, 0.4) is 0 Å². The number of amides is 2. The van der Waals surface area contributed by atoms with Crippen LogP contribution in [0.15, 0.2) is 76.1 Å². The smallest absolute Gasteiger partial charge is 0.264 e. The topological polar surface area (TPSA) is 114 Å². The molecule has 10 nitrogen and oxygen atoms in total. The van der Waals surface area contributed by atoms with Crippen molar-refractivity contribution in [3.05, 3.63) is 76.8 Å². The van der Waals surface area contributed by atoms with Crippen LogP contribution in [-0.2, 0) is 26.2 Å². The number of anilines is 1. The van der Waals surface area contributed by atoms with Crippen molar-refractivity contribution in [3.63, 3.8) is 0 Å². The number of rotatable bonds is 15. The molecule has 3 aromatic rings. The Morgan fingerprint density at radius 3 is 2.26 bits per heavy atom. The maximum atomic E-state index is 14.2. The molecule has 1 atom stereocenters. The molecule has 0 radical (unpaired) electrons. The van der Waals surface area contributed by atoms with E-state index in [1.54, 1.807) is 31.2 Å². The molecule has 3 aromatic carbocycles. The fraction of sp³-hybridized carbons (Fsp3) is 0.355. The van der Waals surface area contributed by atoms with E-state index in [2.05, 4.69) is 21.2 Å². The highest BCUT2D eigenvalue weighted by Gasteiger charge is 2.33. The Morgan fingerprint density at radius 1 is 0.953 bits per heavy atom. The summed E-state index contributed by atoms with van der Waals surface area (Å²) in [6.45, 7) is 5.82. The van der Waals surface area contributed by atoms with Crippen LogP contribution in [0.2, 0.25) is 0 Å². The second kappa shape index (κ2) is 15.6. The van der Waals surface area contributed by atoms with Gasteiger partial charge in [0.1, 0.15) is 18.3 Å². The SMILES string of the molecule is CCCNC(=O)[C@H](C)N(Cc1cccc(Br)c1)C(=O)CN(c1ccc(OCC)cc1)S(=O)(=O)c1ccc(OC)c(OC)c1. The highest BCUT2D eigenvalue weighted by molar-refractivity contribution is 9.10. The molecule has 0 heterocycles. The lowest BCUT2D eigenvalue weighted by Gasteiger charge is -2.32. The Morgan fingerprint density at radius 2 is 1.65 bits per heavy atom. The molecule has 1 N–H and O–H groups in total. The normalized spacial score (nSPS) is 11.8. The molecule has 0 spiro atoms. The molecule has 0 aliphatic rings. The number of benzene rings is 3. The minimum absolute atomic E-state index is 0.0898. The molecule has 0 aliphatic carbocycles. The van der Waals surface area contributed by atoms with E-state index in [0.29, 0.717) is 24.7 Å². The maximum Gasteiger partial charge on any atom is 0.264 e. The van der Waals surface area contributed by atoms with Gasteiger partial charge in [0, 0.05) is 23.6 Å². The zero-order chi connectivity index (χ0) is 31.6. The molecule has 0 aromatic heterocycles. The van der Waals surface area contributed by atoms with Gasteiger partial charge < -0.3 is 24.4 Å². The molecule has 0 aliphatic heterocycles. The summed E-state index contributed by atoms with van der Waals surface area (Å²) in [5, 5.41) is 2.83. The molecular formula is C31H38BrN3O7S. The third kappa shape index (κ3) is 8.64. The summed E-state index contributed by atoms with van der Waals surface area (Å²) in [7, 11) is -1.44. The average Bonchev–Trinajstić information content (AvgIpc) is 3.01. The summed E-state index contributed by atoms with van der Waals surface area (Å²) < 4.78 is 46.3. The Balaban J connectivity index is 2.07. The van der Waals surface area contributed by atoms with Gasteiger partial charge in [-0.1, -0.05) is 35.0 Å². The summed E-state index contributed by atoms with van der Waals surface area (Å²) >= 11 is 3.45. The maximum absolute atomic E-state index is 14.2. The quantitative estimate of drug-likeness (QED) is 0.241. The molecular weight excluding hydrogens is 638 g/mol. The van der Waals surface area contributed by atoms with E-state index < -0.39 is 28.5 Å². The summed E-state index contributed by atoms with van der Waals surface area (Å²) in [5.41, 5.74) is 1.02. The van der Waals surface area contributed by atoms with Crippen molar-refractivity contribution in [2.45, 2.75) is 44.7 Å². The van der Waals surface area contributed by atoms with E-state index in [-0.39, 0.29) is 28.8 Å². The highest BCUT2D eigenvalue weighted by Crippen LogP contribution is 2.33. The monoisotopic (exact) mass is 675 g/mol. The van der Waals surface area contributed by atoms with Crippen molar-refractivity contribution < 1.29 is 32.2 Å². The van der Waals surface area contributed by atoms with Crippen molar-refractivity contribution in [1.82, 2.24) is 10.2 Å². The van der Waals surface area contributed by atoms with Gasteiger partial charge in [0.2, 0.25) is 11.8 Å². The van der Waals surface area contributed by atoms with Crippen molar-refractivity contribution in [2.24, 2.45) is 0 Å². The summed E-state index contributed by atoms with van der Waals surface area (Å²) in [5.74, 6) is 0.243. The van der Waals surface area contributed by atoms with E-state index in [0.717, 1.165) is 20.8 Å². The molecule has 0 bridgehead atoms. The number of nitrogens with one attached hydrogen (secondary N) is 1. The average molecular weight is 677 g/mol. The third-order valence-electron chi connectivity index (χ3n) is 6.62. The summed E-state index contributed by atoms with van der Waals surface area (Å²) in [6, 6.07) is 17.2. The van der Waals surface area contributed by atoms with Crippen LogP contribution in [0.25, 0.3) is 0 Å². The minimum atomic E-state index is -4.30. The standard InChI is InChI=1S/C31H38BrN3O7S/c1-6-17-33-31(37)22(3)34(20-23-9-8-10-24(32)18-23)30(36)21-35(25-11-13-26(14-12-25)42-7-2)43(38,39)27-15-16-28(40-4)29(19-27)41-5/h8-16,18-19,22H,6-7,17,20-21H2,1-5H3,(H,33,37)/t22-/m0/s1. The Labute approximate surface area is 262 Å². The van der Waals surface area contributed by atoms with Gasteiger partial charge in [-0.2, -0.15) is 0 Å². The number of ether oxygens (including phenoxy) is 3. The first-order valence-electron chi connectivity index (χ1n) is 13.8. The van der Waals surface area contributed by atoms with E-state index in [1.165, 1.54) is 37.3 Å². The van der Waals surface area contributed by atoms with Crippen LogP contribution in [0.4, 0.5) is 5.69 Å². The lowest BCUT2D eigenvalue weighted by Crippen LogP contribution is -2.51. The van der Waals surface area contributed by atoms with Crippen LogP contribution < -0.4 is 23.8 Å². The summed E-state index contributed by atoms with van der Waals surface area (Å²) in [4.78, 5) is 28.4. The van der Waals surface area contributed by atoms with Gasteiger partial charge >= 0.3 is 0 Å². The number of carbonyl (C=O) groups is 2. The van der Waals surface area contributed by atoms with Crippen molar-refractivity contribution in [1.29, 1.82) is 0 Å². The van der Waals surface area contributed by atoms with Gasteiger partial charge in [0.25, 0.3) is 10.0 Å². The van der Waals surface area contributed by atoms with Crippen LogP contribution in [-0.4, -0.2) is 65.1 Å². The lowest BCUT2D eigenvalue weighted by molar-refractivity contribution is -0.139. The van der Waals surface area contributed by atoms with Crippen molar-refractivity contribution in [3.8, 4) is 17.2 Å². The molecule has 3 rings (SSSR count). The van der Waals surface area contributed by atoms with E-state index in [9.17, 15) is 18.0 Å². The van der Waals surface area contributed by atoms with E-state index in [4.69, 9.17) is 14.2 Å².